The van der Waals surface area contributed by atoms with Crippen LogP contribution in [0.3, 0.4) is 0 Å². The van der Waals surface area contributed by atoms with Gasteiger partial charge in [0.25, 0.3) is 0 Å². The van der Waals surface area contributed by atoms with Crippen LogP contribution in [0.2, 0.25) is 19.1 Å². The Hall–Kier alpha value is -1.06. The van der Waals surface area contributed by atoms with Crippen LogP contribution in [0.15, 0.2) is 36.4 Å². The van der Waals surface area contributed by atoms with Gasteiger partial charge in [0.2, 0.25) is 0 Å². The summed E-state index contributed by atoms with van der Waals surface area (Å²) in [5.74, 6) is 1.42. The largest absolute Gasteiger partial charge is 0.497 e. The minimum atomic E-state index is -1.43. The predicted molar refractivity (Wildman–Crippen MR) is 77.6 cm³/mol. The first kappa shape index (κ1) is 13.4. The molecule has 18 heavy (non-hydrogen) atoms. The van der Waals surface area contributed by atoms with Crippen LogP contribution in [0.1, 0.15) is 5.56 Å². The van der Waals surface area contributed by atoms with Crippen molar-refractivity contribution in [3.05, 3.63) is 42.0 Å². The Morgan fingerprint density at radius 2 is 2.22 bits per heavy atom. The van der Waals surface area contributed by atoms with E-state index in [1.807, 2.05) is 12.1 Å². The van der Waals surface area contributed by atoms with E-state index in [1.165, 1.54) is 5.56 Å². The van der Waals surface area contributed by atoms with Crippen LogP contribution in [0.4, 0.5) is 0 Å². The van der Waals surface area contributed by atoms with E-state index in [2.05, 4.69) is 37.4 Å². The van der Waals surface area contributed by atoms with Gasteiger partial charge in [0.15, 0.2) is 8.32 Å². The second kappa shape index (κ2) is 5.72. The zero-order valence-electron chi connectivity index (χ0n) is 11.5. The van der Waals surface area contributed by atoms with Crippen LogP contribution in [0.25, 0.3) is 0 Å². The molecule has 2 nitrogen and oxygen atoms in total. The predicted octanol–water partition coefficient (Wildman–Crippen LogP) is 3.65. The summed E-state index contributed by atoms with van der Waals surface area (Å²) in [7, 11) is 0.281. The maximum absolute atomic E-state index is 6.08. The lowest BCUT2D eigenvalue weighted by Gasteiger charge is -2.21. The molecule has 1 aromatic carbocycles. The van der Waals surface area contributed by atoms with E-state index in [9.17, 15) is 0 Å². The van der Waals surface area contributed by atoms with Crippen molar-refractivity contribution in [2.45, 2.75) is 25.6 Å². The lowest BCUT2D eigenvalue weighted by Crippen LogP contribution is -2.30. The molecule has 0 N–H and O–H groups in total. The molecule has 1 aliphatic heterocycles. The molecule has 0 aromatic heterocycles. The second-order valence-electron chi connectivity index (χ2n) is 5.52. The van der Waals surface area contributed by atoms with Gasteiger partial charge in [-0.2, -0.15) is 0 Å². The van der Waals surface area contributed by atoms with E-state index < -0.39 is 8.32 Å². The SMILES string of the molecule is COc1cccc(CC2C=CC[Si](C)(C)OC2)c1. The molecule has 0 fully saturated rings. The number of hydrogen-bond acceptors (Lipinski definition) is 2. The molecular formula is C15H22O2Si. The third-order valence-corrected chi connectivity index (χ3v) is 5.50. The van der Waals surface area contributed by atoms with Crippen molar-refractivity contribution in [3.63, 3.8) is 0 Å². The van der Waals surface area contributed by atoms with Crippen molar-refractivity contribution < 1.29 is 9.16 Å². The molecule has 0 aliphatic carbocycles. The first-order valence-corrected chi connectivity index (χ1v) is 9.64. The zero-order valence-corrected chi connectivity index (χ0v) is 12.5. The minimum absolute atomic E-state index is 0.492. The first-order chi connectivity index (χ1) is 8.59. The zero-order chi connectivity index (χ0) is 13.0. The smallest absolute Gasteiger partial charge is 0.190 e. The van der Waals surface area contributed by atoms with Crippen molar-refractivity contribution in [3.8, 4) is 5.75 Å². The van der Waals surface area contributed by atoms with Crippen molar-refractivity contribution in [1.82, 2.24) is 0 Å². The topological polar surface area (TPSA) is 18.5 Å². The molecule has 0 saturated heterocycles. The molecule has 0 saturated carbocycles. The molecule has 1 heterocycles. The van der Waals surface area contributed by atoms with Crippen LogP contribution in [-0.2, 0) is 10.8 Å². The van der Waals surface area contributed by atoms with Gasteiger partial charge in [-0.3, -0.25) is 0 Å². The Kier molecular flexibility index (Phi) is 4.25. The second-order valence-corrected chi connectivity index (χ2v) is 9.74. The fourth-order valence-electron chi connectivity index (χ4n) is 2.22. The van der Waals surface area contributed by atoms with Gasteiger partial charge in [-0.1, -0.05) is 24.3 Å². The molecule has 0 bridgehead atoms. The first-order valence-electron chi connectivity index (χ1n) is 6.53. The van der Waals surface area contributed by atoms with Crippen molar-refractivity contribution in [1.29, 1.82) is 0 Å². The monoisotopic (exact) mass is 262 g/mol. The van der Waals surface area contributed by atoms with E-state index in [0.29, 0.717) is 5.92 Å². The van der Waals surface area contributed by atoms with Crippen LogP contribution >= 0.6 is 0 Å². The van der Waals surface area contributed by atoms with Gasteiger partial charge in [0.05, 0.1) is 7.11 Å². The number of rotatable bonds is 3. The van der Waals surface area contributed by atoms with Crippen molar-refractivity contribution in [2.75, 3.05) is 13.7 Å². The Bertz CT molecular complexity index is 426. The highest BCUT2D eigenvalue weighted by atomic mass is 28.4. The highest BCUT2D eigenvalue weighted by molar-refractivity contribution is 6.71. The van der Waals surface area contributed by atoms with Gasteiger partial charge in [0, 0.05) is 12.5 Å². The summed E-state index contributed by atoms with van der Waals surface area (Å²) in [6.07, 6.45) is 5.66. The third kappa shape index (κ3) is 3.72. The molecule has 3 heteroatoms. The summed E-state index contributed by atoms with van der Waals surface area (Å²) in [6.45, 7) is 5.42. The highest BCUT2D eigenvalue weighted by Gasteiger charge is 2.24. The molecule has 0 spiro atoms. The molecule has 2 rings (SSSR count). The number of hydrogen-bond donors (Lipinski definition) is 0. The molecule has 1 aromatic rings. The summed E-state index contributed by atoms with van der Waals surface area (Å²) in [5.41, 5.74) is 1.31. The summed E-state index contributed by atoms with van der Waals surface area (Å²) < 4.78 is 11.3. The number of allylic oxidation sites excluding steroid dienone is 1. The standard InChI is InChI=1S/C15H22O2Si/c1-16-15-8-4-6-13(11-15)10-14-7-5-9-18(2,3)17-12-14/h4-8,11,14H,9-10,12H2,1-3H3. The maximum atomic E-state index is 6.08. The van der Waals surface area contributed by atoms with Gasteiger partial charge in [-0.05, 0) is 43.3 Å². The van der Waals surface area contributed by atoms with Crippen LogP contribution in [-0.4, -0.2) is 22.0 Å². The summed E-state index contributed by atoms with van der Waals surface area (Å²) in [5, 5.41) is 0. The van der Waals surface area contributed by atoms with Gasteiger partial charge in [-0.15, -0.1) is 0 Å². The lowest BCUT2D eigenvalue weighted by atomic mass is 9.99. The van der Waals surface area contributed by atoms with Crippen molar-refractivity contribution in [2.24, 2.45) is 5.92 Å². The molecule has 98 valence electrons. The Balaban J connectivity index is 2.01. The fraction of sp³-hybridized carbons (Fsp3) is 0.467. The maximum Gasteiger partial charge on any atom is 0.190 e. The number of methoxy groups -OCH3 is 1. The van der Waals surface area contributed by atoms with Gasteiger partial charge in [0.1, 0.15) is 5.75 Å². The van der Waals surface area contributed by atoms with Gasteiger partial charge < -0.3 is 9.16 Å². The Labute approximate surface area is 111 Å². The average Bonchev–Trinajstić information content (AvgIpc) is 2.51. The van der Waals surface area contributed by atoms with Gasteiger partial charge in [-0.25, -0.2) is 0 Å². The summed E-state index contributed by atoms with van der Waals surface area (Å²) in [6, 6.07) is 9.43. The van der Waals surface area contributed by atoms with Crippen LogP contribution < -0.4 is 4.74 Å². The summed E-state index contributed by atoms with van der Waals surface area (Å²) in [4.78, 5) is 0. The van der Waals surface area contributed by atoms with Crippen LogP contribution in [0, 0.1) is 5.92 Å². The number of ether oxygens (including phenoxy) is 1. The number of benzene rings is 1. The minimum Gasteiger partial charge on any atom is -0.497 e. The lowest BCUT2D eigenvalue weighted by molar-refractivity contribution is 0.270. The summed E-state index contributed by atoms with van der Waals surface area (Å²) >= 11 is 0. The molecular weight excluding hydrogens is 240 g/mol. The molecule has 0 amide bonds. The quantitative estimate of drug-likeness (QED) is 0.611. The Morgan fingerprint density at radius 1 is 1.39 bits per heavy atom. The van der Waals surface area contributed by atoms with Crippen molar-refractivity contribution >= 4 is 8.32 Å². The van der Waals surface area contributed by atoms with E-state index in [4.69, 9.17) is 9.16 Å². The van der Waals surface area contributed by atoms with E-state index >= 15 is 0 Å². The van der Waals surface area contributed by atoms with E-state index in [0.717, 1.165) is 24.8 Å². The normalized spacial score (nSPS) is 22.5. The molecule has 1 unspecified atom stereocenters. The fourth-order valence-corrected chi connectivity index (χ4v) is 3.71. The van der Waals surface area contributed by atoms with E-state index in [-0.39, 0.29) is 0 Å². The molecule has 1 aliphatic rings. The van der Waals surface area contributed by atoms with E-state index in [1.54, 1.807) is 7.11 Å². The molecule has 0 radical (unpaired) electrons. The third-order valence-electron chi connectivity index (χ3n) is 3.34. The average molecular weight is 262 g/mol. The Morgan fingerprint density at radius 3 is 3.00 bits per heavy atom. The molecule has 1 atom stereocenters. The highest BCUT2D eigenvalue weighted by Crippen LogP contribution is 2.22. The van der Waals surface area contributed by atoms with Gasteiger partial charge >= 0.3 is 0 Å². The van der Waals surface area contributed by atoms with Crippen LogP contribution in [0.5, 0.6) is 5.75 Å².